The first-order valence-corrected chi connectivity index (χ1v) is 6.54. The van der Waals surface area contributed by atoms with Crippen molar-refractivity contribution in [1.29, 1.82) is 0 Å². The van der Waals surface area contributed by atoms with Crippen LogP contribution in [0.1, 0.15) is 24.9 Å². The second-order valence-electron chi connectivity index (χ2n) is 4.68. The first-order valence-electron chi connectivity index (χ1n) is 6.54. The molecule has 0 spiro atoms. The molecule has 0 bridgehead atoms. The fraction of sp³-hybridized carbons (Fsp3) is 0.429. The van der Waals surface area contributed by atoms with Crippen LogP contribution in [0.2, 0.25) is 0 Å². The largest absolute Gasteiger partial charge is 0.383 e. The van der Waals surface area contributed by atoms with Gasteiger partial charge < -0.3 is 10.3 Å². The molecule has 2 rings (SSSR count). The summed E-state index contributed by atoms with van der Waals surface area (Å²) in [6.07, 6.45) is 5.62. The van der Waals surface area contributed by atoms with Gasteiger partial charge in [-0.2, -0.15) is 5.10 Å². The first-order chi connectivity index (χ1) is 9.10. The Balaban J connectivity index is 2.55. The molecule has 0 atom stereocenters. The molecule has 0 aliphatic carbocycles. The van der Waals surface area contributed by atoms with E-state index < -0.39 is 0 Å². The van der Waals surface area contributed by atoms with E-state index in [1.54, 1.807) is 0 Å². The number of nitrogen functional groups attached to an aromatic ring is 1. The number of hydrogen-bond acceptors (Lipinski definition) is 3. The van der Waals surface area contributed by atoms with Crippen LogP contribution in [0.5, 0.6) is 0 Å². The van der Waals surface area contributed by atoms with Crippen molar-refractivity contribution >= 4 is 5.82 Å². The SMILES string of the molecule is C=CCn1c(CCC)nc(-c2cnn(C)c2C)c1N. The summed E-state index contributed by atoms with van der Waals surface area (Å²) in [6, 6.07) is 0. The number of nitrogens with two attached hydrogens (primary N) is 1. The zero-order chi connectivity index (χ0) is 14.0. The van der Waals surface area contributed by atoms with Gasteiger partial charge in [-0.1, -0.05) is 13.0 Å². The number of anilines is 1. The molecule has 2 N–H and O–H groups in total. The van der Waals surface area contributed by atoms with Gasteiger partial charge in [-0.05, 0) is 13.3 Å². The second kappa shape index (κ2) is 5.30. The smallest absolute Gasteiger partial charge is 0.132 e. The number of aryl methyl sites for hydroxylation is 2. The van der Waals surface area contributed by atoms with Crippen LogP contribution >= 0.6 is 0 Å². The van der Waals surface area contributed by atoms with Crippen LogP contribution in [0.4, 0.5) is 5.82 Å². The third kappa shape index (κ3) is 2.28. The topological polar surface area (TPSA) is 61.7 Å². The molecule has 0 saturated carbocycles. The van der Waals surface area contributed by atoms with Gasteiger partial charge >= 0.3 is 0 Å². The molecule has 0 unspecified atom stereocenters. The molecule has 2 aromatic rings. The van der Waals surface area contributed by atoms with Crippen molar-refractivity contribution in [2.24, 2.45) is 7.05 Å². The monoisotopic (exact) mass is 259 g/mol. The van der Waals surface area contributed by atoms with Crippen LogP contribution in [0.25, 0.3) is 11.3 Å². The van der Waals surface area contributed by atoms with E-state index in [2.05, 4.69) is 18.6 Å². The lowest BCUT2D eigenvalue weighted by molar-refractivity contribution is 0.724. The van der Waals surface area contributed by atoms with Gasteiger partial charge in [0.05, 0.1) is 6.20 Å². The number of hydrogen-bond donors (Lipinski definition) is 1. The Morgan fingerprint density at radius 1 is 1.47 bits per heavy atom. The van der Waals surface area contributed by atoms with Crippen molar-refractivity contribution in [2.45, 2.75) is 33.2 Å². The third-order valence-corrected chi connectivity index (χ3v) is 3.36. The predicted molar refractivity (Wildman–Crippen MR) is 77.8 cm³/mol. The minimum atomic E-state index is 0.688. The average molecular weight is 259 g/mol. The van der Waals surface area contributed by atoms with Gasteiger partial charge in [0.2, 0.25) is 0 Å². The average Bonchev–Trinajstić information content (AvgIpc) is 2.86. The zero-order valence-electron chi connectivity index (χ0n) is 11.8. The molecule has 19 heavy (non-hydrogen) atoms. The van der Waals surface area contributed by atoms with Gasteiger partial charge in [0.15, 0.2) is 0 Å². The Labute approximate surface area is 113 Å². The van der Waals surface area contributed by atoms with Crippen molar-refractivity contribution < 1.29 is 0 Å². The molecular formula is C14H21N5. The zero-order valence-corrected chi connectivity index (χ0v) is 11.8. The number of allylic oxidation sites excluding steroid dienone is 1. The Morgan fingerprint density at radius 2 is 2.21 bits per heavy atom. The van der Waals surface area contributed by atoms with Crippen molar-refractivity contribution in [3.05, 3.63) is 30.4 Å². The molecule has 0 fully saturated rings. The highest BCUT2D eigenvalue weighted by Crippen LogP contribution is 2.29. The van der Waals surface area contributed by atoms with Crippen molar-refractivity contribution in [2.75, 3.05) is 5.73 Å². The number of imidazole rings is 1. The van der Waals surface area contributed by atoms with Crippen LogP contribution < -0.4 is 5.73 Å². The molecule has 2 aromatic heterocycles. The normalized spacial score (nSPS) is 10.9. The van der Waals surface area contributed by atoms with E-state index in [0.717, 1.165) is 35.6 Å². The predicted octanol–water partition coefficient (Wildman–Crippen LogP) is 2.31. The van der Waals surface area contributed by atoms with Crippen molar-refractivity contribution in [3.8, 4) is 11.3 Å². The molecular weight excluding hydrogens is 238 g/mol. The van der Waals surface area contributed by atoms with Gasteiger partial charge in [0.25, 0.3) is 0 Å². The maximum absolute atomic E-state index is 6.25. The van der Waals surface area contributed by atoms with Crippen LogP contribution in [0.15, 0.2) is 18.9 Å². The maximum atomic E-state index is 6.25. The van der Waals surface area contributed by atoms with E-state index >= 15 is 0 Å². The lowest BCUT2D eigenvalue weighted by Gasteiger charge is -2.05. The molecule has 102 valence electrons. The molecule has 0 aliphatic heterocycles. The van der Waals surface area contributed by atoms with Gasteiger partial charge in [-0.25, -0.2) is 4.98 Å². The molecule has 5 heteroatoms. The Kier molecular flexibility index (Phi) is 3.74. The standard InChI is InChI=1S/C14H21N5/c1-5-7-12-17-13(14(15)19(12)8-6-2)11-9-16-18(4)10(11)3/h6,9H,2,5,7-8,15H2,1,3-4H3. The molecule has 0 radical (unpaired) electrons. The van der Waals surface area contributed by atoms with E-state index in [1.165, 1.54) is 0 Å². The highest BCUT2D eigenvalue weighted by Gasteiger charge is 2.18. The Bertz CT molecular complexity index is 591. The van der Waals surface area contributed by atoms with Crippen LogP contribution in [0, 0.1) is 6.92 Å². The van der Waals surface area contributed by atoms with E-state index in [0.29, 0.717) is 12.4 Å². The molecule has 0 amide bonds. The minimum absolute atomic E-state index is 0.688. The molecule has 5 nitrogen and oxygen atoms in total. The summed E-state index contributed by atoms with van der Waals surface area (Å²) in [7, 11) is 1.92. The van der Waals surface area contributed by atoms with Gasteiger partial charge in [-0.15, -0.1) is 6.58 Å². The molecule has 2 heterocycles. The van der Waals surface area contributed by atoms with Crippen molar-refractivity contribution in [1.82, 2.24) is 19.3 Å². The number of aromatic nitrogens is 4. The summed E-state index contributed by atoms with van der Waals surface area (Å²) in [5, 5.41) is 4.26. The summed E-state index contributed by atoms with van der Waals surface area (Å²) < 4.78 is 3.86. The van der Waals surface area contributed by atoms with Crippen LogP contribution in [-0.4, -0.2) is 19.3 Å². The summed E-state index contributed by atoms with van der Waals surface area (Å²) in [5.74, 6) is 1.71. The second-order valence-corrected chi connectivity index (χ2v) is 4.68. The quantitative estimate of drug-likeness (QED) is 0.838. The molecule has 0 aliphatic rings. The van der Waals surface area contributed by atoms with Gasteiger partial charge in [0, 0.05) is 31.3 Å². The molecule has 0 aromatic carbocycles. The third-order valence-electron chi connectivity index (χ3n) is 3.36. The minimum Gasteiger partial charge on any atom is -0.383 e. The lowest BCUT2D eigenvalue weighted by atomic mass is 10.2. The highest BCUT2D eigenvalue weighted by atomic mass is 15.3. The summed E-state index contributed by atoms with van der Waals surface area (Å²) in [6.45, 7) is 8.63. The molecule has 0 saturated heterocycles. The maximum Gasteiger partial charge on any atom is 0.132 e. The Morgan fingerprint density at radius 3 is 2.74 bits per heavy atom. The van der Waals surface area contributed by atoms with Crippen LogP contribution in [-0.2, 0) is 20.0 Å². The fourth-order valence-electron chi connectivity index (χ4n) is 2.19. The Hall–Kier alpha value is -2.04. The van der Waals surface area contributed by atoms with E-state index in [4.69, 9.17) is 10.7 Å². The van der Waals surface area contributed by atoms with Crippen molar-refractivity contribution in [3.63, 3.8) is 0 Å². The van der Waals surface area contributed by atoms with E-state index in [1.807, 2.05) is 35.5 Å². The highest BCUT2D eigenvalue weighted by molar-refractivity contribution is 5.72. The summed E-state index contributed by atoms with van der Waals surface area (Å²) in [4.78, 5) is 4.70. The number of rotatable bonds is 5. The summed E-state index contributed by atoms with van der Waals surface area (Å²) >= 11 is 0. The van der Waals surface area contributed by atoms with E-state index in [9.17, 15) is 0 Å². The fourth-order valence-corrected chi connectivity index (χ4v) is 2.19. The first kappa shape index (κ1) is 13.4. The van der Waals surface area contributed by atoms with Gasteiger partial charge in [-0.3, -0.25) is 4.68 Å². The summed E-state index contributed by atoms with van der Waals surface area (Å²) in [5.41, 5.74) is 9.14. The number of nitrogens with zero attached hydrogens (tertiary/aromatic N) is 4. The van der Waals surface area contributed by atoms with E-state index in [-0.39, 0.29) is 0 Å². The van der Waals surface area contributed by atoms with Crippen LogP contribution in [0.3, 0.4) is 0 Å². The van der Waals surface area contributed by atoms with Gasteiger partial charge in [0.1, 0.15) is 17.3 Å². The lowest BCUT2D eigenvalue weighted by Crippen LogP contribution is -2.05.